The van der Waals surface area contributed by atoms with Crippen LogP contribution in [0.25, 0.3) is 0 Å². The van der Waals surface area contributed by atoms with Crippen LogP contribution in [0.3, 0.4) is 0 Å². The molecule has 1 saturated carbocycles. The summed E-state index contributed by atoms with van der Waals surface area (Å²) in [6.07, 6.45) is 4.13. The molecule has 0 amide bonds. The average Bonchev–Trinajstić information content (AvgIpc) is 2.53. The van der Waals surface area contributed by atoms with Crippen molar-refractivity contribution in [2.75, 3.05) is 26.4 Å². The van der Waals surface area contributed by atoms with E-state index in [1.807, 2.05) is 20.8 Å². The van der Waals surface area contributed by atoms with Crippen LogP contribution in [-0.4, -0.2) is 52.4 Å². The van der Waals surface area contributed by atoms with Crippen LogP contribution in [0.2, 0.25) is 6.04 Å². The Balaban J connectivity index is 2.29. The number of rotatable bonds is 12. The van der Waals surface area contributed by atoms with Gasteiger partial charge in [0.05, 0.1) is 12.0 Å². The molecule has 1 aliphatic rings. The van der Waals surface area contributed by atoms with Gasteiger partial charge in [0.2, 0.25) is 0 Å². The Hall–Kier alpha value is -0.473. The highest BCUT2D eigenvalue weighted by atomic mass is 28.4. The molecule has 0 saturated heterocycles. The minimum atomic E-state index is -2.57. The molecule has 0 spiro atoms. The van der Waals surface area contributed by atoms with Crippen LogP contribution >= 0.6 is 0 Å². The molecule has 1 N–H and O–H groups in total. The summed E-state index contributed by atoms with van der Waals surface area (Å²) in [6, 6.07) is 0.757. The van der Waals surface area contributed by atoms with Crippen molar-refractivity contribution < 1.29 is 27.9 Å². The summed E-state index contributed by atoms with van der Waals surface area (Å²) in [5, 5.41) is 9.00. The summed E-state index contributed by atoms with van der Waals surface area (Å²) >= 11 is 0. The van der Waals surface area contributed by atoms with Crippen LogP contribution in [0, 0.1) is 5.92 Å². The molecular weight excluding hydrogens is 316 g/mol. The molecule has 1 aliphatic carbocycles. The van der Waals surface area contributed by atoms with Crippen molar-refractivity contribution in [2.24, 2.45) is 5.92 Å². The Morgan fingerprint density at radius 2 is 1.52 bits per heavy atom. The number of carbonyl (C=O) groups is 1. The third kappa shape index (κ3) is 7.30. The van der Waals surface area contributed by atoms with E-state index in [0.717, 1.165) is 38.1 Å². The molecule has 0 heterocycles. The van der Waals surface area contributed by atoms with E-state index in [0.29, 0.717) is 26.4 Å². The minimum Gasteiger partial charge on any atom is -0.481 e. The lowest BCUT2D eigenvalue weighted by molar-refractivity contribution is -0.143. The van der Waals surface area contributed by atoms with Crippen molar-refractivity contribution in [3.05, 3.63) is 0 Å². The van der Waals surface area contributed by atoms with Crippen molar-refractivity contribution in [1.82, 2.24) is 0 Å². The first-order valence-corrected chi connectivity index (χ1v) is 10.8. The summed E-state index contributed by atoms with van der Waals surface area (Å²) in [5.74, 6) is -0.867. The molecule has 23 heavy (non-hydrogen) atoms. The van der Waals surface area contributed by atoms with Gasteiger partial charge in [-0.25, -0.2) is 0 Å². The molecule has 0 aromatic carbocycles. The number of ether oxygens (including phenoxy) is 1. The van der Waals surface area contributed by atoms with Crippen LogP contribution in [0.15, 0.2) is 0 Å². The Bertz CT molecular complexity index is 314. The lowest BCUT2D eigenvalue weighted by Gasteiger charge is -2.29. The van der Waals surface area contributed by atoms with Crippen LogP contribution in [0.5, 0.6) is 0 Å². The van der Waals surface area contributed by atoms with Crippen LogP contribution in [-0.2, 0) is 22.8 Å². The van der Waals surface area contributed by atoms with Crippen molar-refractivity contribution >= 4 is 14.8 Å². The fourth-order valence-corrected chi connectivity index (χ4v) is 5.60. The maximum atomic E-state index is 10.9. The van der Waals surface area contributed by atoms with Gasteiger partial charge in [0, 0.05) is 32.5 Å². The Labute approximate surface area is 140 Å². The molecule has 0 radical (unpaired) electrons. The average molecular weight is 349 g/mol. The zero-order chi connectivity index (χ0) is 17.1. The van der Waals surface area contributed by atoms with Crippen molar-refractivity contribution in [3.8, 4) is 0 Å². The maximum Gasteiger partial charge on any atom is 0.501 e. The predicted molar refractivity (Wildman–Crippen MR) is 89.4 cm³/mol. The molecular formula is C16H32O6Si. The summed E-state index contributed by atoms with van der Waals surface area (Å²) in [4.78, 5) is 10.9. The SMILES string of the molecule is CCO[Si](CCCOC1CCC(C(=O)O)CC1)(OCC)OCC. The third-order valence-corrected chi connectivity index (χ3v) is 7.25. The molecule has 136 valence electrons. The van der Waals surface area contributed by atoms with Crippen LogP contribution in [0.1, 0.15) is 52.9 Å². The van der Waals surface area contributed by atoms with E-state index in [9.17, 15) is 4.79 Å². The zero-order valence-corrected chi connectivity index (χ0v) is 15.7. The van der Waals surface area contributed by atoms with Gasteiger partial charge in [-0.1, -0.05) is 0 Å². The molecule has 0 bridgehead atoms. The minimum absolute atomic E-state index is 0.188. The van der Waals surface area contributed by atoms with E-state index in [-0.39, 0.29) is 12.0 Å². The Morgan fingerprint density at radius 3 is 1.96 bits per heavy atom. The van der Waals surface area contributed by atoms with E-state index < -0.39 is 14.8 Å². The number of hydrogen-bond donors (Lipinski definition) is 1. The summed E-state index contributed by atoms with van der Waals surface area (Å²) < 4.78 is 23.4. The Morgan fingerprint density at radius 1 is 1.00 bits per heavy atom. The standard InChI is InChI=1S/C16H32O6Si/c1-4-20-23(21-5-2,22-6-3)13-7-12-19-15-10-8-14(9-11-15)16(17)18/h14-15H,4-13H2,1-3H3,(H,17,18). The second-order valence-electron chi connectivity index (χ2n) is 5.77. The van der Waals surface area contributed by atoms with Gasteiger partial charge in [-0.2, -0.15) is 0 Å². The first-order chi connectivity index (χ1) is 11.1. The molecule has 1 fully saturated rings. The first kappa shape index (κ1) is 20.6. The second-order valence-corrected chi connectivity index (χ2v) is 8.50. The number of hydrogen-bond acceptors (Lipinski definition) is 5. The number of aliphatic carboxylic acids is 1. The fourth-order valence-electron chi connectivity index (χ4n) is 3.02. The number of carboxylic acid groups (broad SMARTS) is 1. The fraction of sp³-hybridized carbons (Fsp3) is 0.938. The van der Waals surface area contributed by atoms with Gasteiger partial charge in [-0.05, 0) is 52.9 Å². The summed E-state index contributed by atoms with van der Waals surface area (Å²) in [5.41, 5.74) is 0. The smallest absolute Gasteiger partial charge is 0.481 e. The van der Waals surface area contributed by atoms with E-state index in [2.05, 4.69) is 0 Å². The van der Waals surface area contributed by atoms with Crippen molar-refractivity contribution in [3.63, 3.8) is 0 Å². The van der Waals surface area contributed by atoms with Gasteiger partial charge in [0.25, 0.3) is 0 Å². The normalized spacial score (nSPS) is 22.2. The molecule has 0 aliphatic heterocycles. The van der Waals surface area contributed by atoms with Gasteiger partial charge in [-0.15, -0.1) is 0 Å². The first-order valence-electron chi connectivity index (χ1n) is 8.83. The van der Waals surface area contributed by atoms with E-state index >= 15 is 0 Å². The molecule has 0 unspecified atom stereocenters. The number of carboxylic acids is 1. The largest absolute Gasteiger partial charge is 0.501 e. The summed E-state index contributed by atoms with van der Waals surface area (Å²) in [6.45, 7) is 8.28. The third-order valence-electron chi connectivity index (χ3n) is 4.10. The quantitative estimate of drug-likeness (QED) is 0.431. The molecule has 1 rings (SSSR count). The van der Waals surface area contributed by atoms with E-state index in [1.54, 1.807) is 0 Å². The maximum absolute atomic E-state index is 10.9. The Kier molecular flexibility index (Phi) is 9.97. The second kappa shape index (κ2) is 11.1. The van der Waals surface area contributed by atoms with Gasteiger partial charge < -0.3 is 23.1 Å². The van der Waals surface area contributed by atoms with E-state index in [1.165, 1.54) is 0 Å². The van der Waals surface area contributed by atoms with Gasteiger partial charge in [-0.3, -0.25) is 4.79 Å². The lowest BCUT2D eigenvalue weighted by Crippen LogP contribution is -2.46. The van der Waals surface area contributed by atoms with Crippen LogP contribution in [0.4, 0.5) is 0 Å². The molecule has 0 atom stereocenters. The van der Waals surface area contributed by atoms with Gasteiger partial charge >= 0.3 is 14.8 Å². The van der Waals surface area contributed by atoms with Crippen molar-refractivity contribution in [2.45, 2.75) is 65.0 Å². The monoisotopic (exact) mass is 348 g/mol. The lowest BCUT2D eigenvalue weighted by atomic mass is 9.87. The zero-order valence-electron chi connectivity index (χ0n) is 14.7. The van der Waals surface area contributed by atoms with E-state index in [4.69, 9.17) is 23.1 Å². The highest BCUT2D eigenvalue weighted by Crippen LogP contribution is 2.27. The predicted octanol–water partition coefficient (Wildman–Crippen LogP) is 3.08. The molecule has 6 nitrogen and oxygen atoms in total. The highest BCUT2D eigenvalue weighted by molar-refractivity contribution is 6.60. The molecule has 0 aromatic heterocycles. The molecule has 0 aromatic rings. The van der Waals surface area contributed by atoms with Gasteiger partial charge in [0.1, 0.15) is 0 Å². The van der Waals surface area contributed by atoms with Crippen LogP contribution < -0.4 is 0 Å². The van der Waals surface area contributed by atoms with Gasteiger partial charge in [0.15, 0.2) is 0 Å². The topological polar surface area (TPSA) is 74.2 Å². The summed E-state index contributed by atoms with van der Waals surface area (Å²) in [7, 11) is -2.57. The van der Waals surface area contributed by atoms with Crippen molar-refractivity contribution in [1.29, 1.82) is 0 Å². The molecule has 7 heteroatoms. The highest BCUT2D eigenvalue weighted by Gasteiger charge is 2.39.